The Bertz CT molecular complexity index is 472. The fourth-order valence-electron chi connectivity index (χ4n) is 2.17. The fourth-order valence-corrected chi connectivity index (χ4v) is 2.30. The van der Waals surface area contributed by atoms with Gasteiger partial charge >= 0.3 is 6.09 Å². The van der Waals surface area contributed by atoms with E-state index in [-0.39, 0.29) is 6.10 Å². The van der Waals surface area contributed by atoms with Gasteiger partial charge < -0.3 is 15.4 Å². The van der Waals surface area contributed by atoms with Crippen LogP contribution in [-0.4, -0.2) is 32.3 Å². The molecule has 0 aromatic heterocycles. The predicted molar refractivity (Wildman–Crippen MR) is 84.7 cm³/mol. The van der Waals surface area contributed by atoms with E-state index in [1.54, 1.807) is 7.05 Å². The third-order valence-electron chi connectivity index (χ3n) is 3.88. The molecule has 4 nitrogen and oxygen atoms in total. The lowest BCUT2D eigenvalue weighted by molar-refractivity contribution is 0.0978. The van der Waals surface area contributed by atoms with Crippen LogP contribution in [0.1, 0.15) is 25.3 Å². The van der Waals surface area contributed by atoms with E-state index in [0.29, 0.717) is 23.4 Å². The molecule has 0 spiro atoms. The minimum absolute atomic E-state index is 0.187. The van der Waals surface area contributed by atoms with Crippen molar-refractivity contribution in [3.05, 3.63) is 34.9 Å². The van der Waals surface area contributed by atoms with Crippen molar-refractivity contribution in [2.24, 2.45) is 5.41 Å². The smallest absolute Gasteiger partial charge is 0.407 e. The first kappa shape index (κ1) is 16.1. The molecular formula is C16H23ClN2O2. The van der Waals surface area contributed by atoms with E-state index < -0.39 is 6.09 Å². The van der Waals surface area contributed by atoms with Crippen LogP contribution in [0, 0.1) is 5.41 Å². The van der Waals surface area contributed by atoms with Crippen molar-refractivity contribution in [2.75, 3.05) is 20.1 Å². The van der Waals surface area contributed by atoms with Crippen LogP contribution in [0.4, 0.5) is 4.79 Å². The summed E-state index contributed by atoms with van der Waals surface area (Å²) in [5.41, 5.74) is 1.55. The fraction of sp³-hybridized carbons (Fsp3) is 0.562. The molecule has 1 aliphatic rings. The maximum atomic E-state index is 11.5. The zero-order valence-corrected chi connectivity index (χ0v) is 13.4. The van der Waals surface area contributed by atoms with Gasteiger partial charge in [-0.2, -0.15) is 0 Å². The summed E-state index contributed by atoms with van der Waals surface area (Å²) in [6, 6.07) is 7.63. The number of rotatable bonds is 7. The van der Waals surface area contributed by atoms with Gasteiger partial charge in [0.05, 0.1) is 0 Å². The highest BCUT2D eigenvalue weighted by atomic mass is 35.5. The molecule has 0 radical (unpaired) electrons. The molecular weight excluding hydrogens is 288 g/mol. The first-order valence-corrected chi connectivity index (χ1v) is 7.72. The highest BCUT2D eigenvalue weighted by molar-refractivity contribution is 6.30. The van der Waals surface area contributed by atoms with Crippen LogP contribution < -0.4 is 10.6 Å². The summed E-state index contributed by atoms with van der Waals surface area (Å²) in [7, 11) is 1.57. The van der Waals surface area contributed by atoms with E-state index in [4.69, 9.17) is 16.3 Å². The number of carbonyl (C=O) groups excluding carboxylic acids is 1. The van der Waals surface area contributed by atoms with Crippen molar-refractivity contribution in [3.63, 3.8) is 0 Å². The molecule has 1 aromatic carbocycles. The zero-order chi connectivity index (χ0) is 15.3. The summed E-state index contributed by atoms with van der Waals surface area (Å²) in [6.07, 6.45) is 2.65. The molecule has 1 aromatic rings. The minimum Gasteiger partial charge on any atom is -0.445 e. The largest absolute Gasteiger partial charge is 0.445 e. The number of benzene rings is 1. The van der Waals surface area contributed by atoms with E-state index in [1.807, 2.05) is 24.3 Å². The second-order valence-electron chi connectivity index (χ2n) is 6.05. The minimum atomic E-state index is -0.395. The summed E-state index contributed by atoms with van der Waals surface area (Å²) >= 11 is 5.89. The SMILES string of the molecule is CNC(=O)OC(CNCC1(C)CC1)Cc1ccc(Cl)cc1. The van der Waals surface area contributed by atoms with Crippen molar-refractivity contribution in [2.45, 2.75) is 32.3 Å². The van der Waals surface area contributed by atoms with Crippen LogP contribution >= 0.6 is 11.6 Å². The van der Waals surface area contributed by atoms with Crippen LogP contribution in [-0.2, 0) is 11.2 Å². The van der Waals surface area contributed by atoms with Crippen molar-refractivity contribution in [3.8, 4) is 0 Å². The third-order valence-corrected chi connectivity index (χ3v) is 4.13. The Labute approximate surface area is 131 Å². The lowest BCUT2D eigenvalue weighted by Crippen LogP contribution is -2.37. The van der Waals surface area contributed by atoms with Gasteiger partial charge in [-0.15, -0.1) is 0 Å². The van der Waals surface area contributed by atoms with Gasteiger partial charge in [-0.25, -0.2) is 4.79 Å². The van der Waals surface area contributed by atoms with Gasteiger partial charge in [-0.3, -0.25) is 0 Å². The maximum absolute atomic E-state index is 11.5. The van der Waals surface area contributed by atoms with Gasteiger partial charge in [-0.1, -0.05) is 30.7 Å². The number of ether oxygens (including phenoxy) is 1. The summed E-state index contributed by atoms with van der Waals surface area (Å²) in [6.45, 7) is 3.90. The lowest BCUT2D eigenvalue weighted by Gasteiger charge is -2.20. The van der Waals surface area contributed by atoms with Gasteiger partial charge in [0, 0.05) is 31.6 Å². The Hall–Kier alpha value is -1.26. The van der Waals surface area contributed by atoms with E-state index >= 15 is 0 Å². The van der Waals surface area contributed by atoms with Crippen LogP contribution in [0.3, 0.4) is 0 Å². The predicted octanol–water partition coefficient (Wildman–Crippen LogP) is 3.00. The normalized spacial score (nSPS) is 17.1. The summed E-state index contributed by atoms with van der Waals surface area (Å²) in [4.78, 5) is 11.5. The van der Waals surface area contributed by atoms with Gasteiger partial charge in [0.15, 0.2) is 0 Å². The number of halogens is 1. The molecule has 116 valence electrons. The Kier molecular flexibility index (Phi) is 5.48. The molecule has 1 aliphatic carbocycles. The summed E-state index contributed by atoms with van der Waals surface area (Å²) < 4.78 is 5.42. The van der Waals surface area contributed by atoms with Gasteiger partial charge in [0.25, 0.3) is 0 Å². The summed E-state index contributed by atoms with van der Waals surface area (Å²) in [5.74, 6) is 0. The number of amides is 1. The first-order valence-electron chi connectivity index (χ1n) is 7.34. The molecule has 1 fully saturated rings. The molecule has 0 aliphatic heterocycles. The topological polar surface area (TPSA) is 50.4 Å². The monoisotopic (exact) mass is 310 g/mol. The van der Waals surface area contributed by atoms with Crippen LogP contribution in [0.15, 0.2) is 24.3 Å². The number of hydrogen-bond donors (Lipinski definition) is 2. The van der Waals surface area contributed by atoms with Crippen molar-refractivity contribution < 1.29 is 9.53 Å². The Balaban J connectivity index is 1.87. The molecule has 1 amide bonds. The third kappa shape index (κ3) is 5.56. The molecule has 0 bridgehead atoms. The molecule has 0 heterocycles. The number of alkyl carbamates (subject to hydrolysis) is 1. The van der Waals surface area contributed by atoms with Gasteiger partial charge in [0.2, 0.25) is 0 Å². The second-order valence-corrected chi connectivity index (χ2v) is 6.49. The molecule has 2 N–H and O–H groups in total. The summed E-state index contributed by atoms with van der Waals surface area (Å²) in [5, 5.41) is 6.63. The van der Waals surface area contributed by atoms with E-state index in [9.17, 15) is 4.79 Å². The molecule has 21 heavy (non-hydrogen) atoms. The van der Waals surface area contributed by atoms with Gasteiger partial charge in [0.1, 0.15) is 6.10 Å². The molecule has 1 unspecified atom stereocenters. The highest BCUT2D eigenvalue weighted by Crippen LogP contribution is 2.43. The number of carbonyl (C=O) groups is 1. The first-order chi connectivity index (χ1) is 10.0. The lowest BCUT2D eigenvalue weighted by atomic mass is 10.1. The van der Waals surface area contributed by atoms with Gasteiger partial charge in [-0.05, 0) is 36.0 Å². The quantitative estimate of drug-likeness (QED) is 0.814. The standard InChI is InChI=1S/C16H23ClN2O2/c1-16(7-8-16)11-19-10-14(21-15(20)18-2)9-12-3-5-13(17)6-4-12/h3-6,14,19H,7-11H2,1-2H3,(H,18,20). The van der Waals surface area contributed by atoms with E-state index in [1.165, 1.54) is 12.8 Å². The Morgan fingerprint density at radius 3 is 2.62 bits per heavy atom. The average molecular weight is 311 g/mol. The molecule has 0 saturated heterocycles. The van der Waals surface area contributed by atoms with Crippen LogP contribution in [0.5, 0.6) is 0 Å². The molecule has 1 atom stereocenters. The number of nitrogens with one attached hydrogen (secondary N) is 2. The van der Waals surface area contributed by atoms with Crippen LogP contribution in [0.25, 0.3) is 0 Å². The molecule has 2 rings (SSSR count). The average Bonchev–Trinajstić information content (AvgIpc) is 3.19. The Morgan fingerprint density at radius 1 is 1.38 bits per heavy atom. The second kappa shape index (κ2) is 7.14. The zero-order valence-electron chi connectivity index (χ0n) is 12.6. The van der Waals surface area contributed by atoms with E-state index in [2.05, 4.69) is 17.6 Å². The molecule has 1 saturated carbocycles. The van der Waals surface area contributed by atoms with Crippen molar-refractivity contribution in [1.82, 2.24) is 10.6 Å². The van der Waals surface area contributed by atoms with Crippen LogP contribution in [0.2, 0.25) is 5.02 Å². The van der Waals surface area contributed by atoms with Crippen molar-refractivity contribution >= 4 is 17.7 Å². The molecule has 5 heteroatoms. The Morgan fingerprint density at radius 2 is 2.05 bits per heavy atom. The number of hydrogen-bond acceptors (Lipinski definition) is 3. The van der Waals surface area contributed by atoms with E-state index in [0.717, 1.165) is 12.1 Å². The van der Waals surface area contributed by atoms with Crippen molar-refractivity contribution in [1.29, 1.82) is 0 Å². The highest BCUT2D eigenvalue weighted by Gasteiger charge is 2.36. The maximum Gasteiger partial charge on any atom is 0.407 e.